The highest BCUT2D eigenvalue weighted by Crippen LogP contribution is 2.32. The summed E-state index contributed by atoms with van der Waals surface area (Å²) >= 11 is 0. The number of carboxylic acid groups (broad SMARTS) is 1. The summed E-state index contributed by atoms with van der Waals surface area (Å²) in [5, 5.41) is 11.7. The van der Waals surface area contributed by atoms with Crippen LogP contribution < -0.4 is 5.32 Å². The summed E-state index contributed by atoms with van der Waals surface area (Å²) in [5.41, 5.74) is 0.905. The van der Waals surface area contributed by atoms with Crippen molar-refractivity contribution in [3.63, 3.8) is 0 Å². The highest BCUT2D eigenvalue weighted by Gasteiger charge is 2.34. The van der Waals surface area contributed by atoms with E-state index in [-0.39, 0.29) is 11.3 Å². The maximum absolute atomic E-state index is 12.2. The molecule has 7 heteroatoms. The van der Waals surface area contributed by atoms with Crippen LogP contribution >= 0.6 is 0 Å². The Hall–Kier alpha value is -2.18. The number of halogens is 3. The van der Waals surface area contributed by atoms with E-state index in [0.717, 1.165) is 0 Å². The van der Waals surface area contributed by atoms with Crippen LogP contribution in [0, 0.1) is 0 Å². The van der Waals surface area contributed by atoms with Gasteiger partial charge in [0.25, 0.3) is 0 Å². The van der Waals surface area contributed by atoms with Gasteiger partial charge in [0.1, 0.15) is 5.76 Å². The summed E-state index contributed by atoms with van der Waals surface area (Å²) in [6, 6.07) is 3.53. The highest BCUT2D eigenvalue weighted by molar-refractivity contribution is 5.90. The van der Waals surface area contributed by atoms with E-state index in [4.69, 9.17) is 5.11 Å². The first-order valence-corrected chi connectivity index (χ1v) is 5.37. The Morgan fingerprint density at radius 3 is 2.68 bits per heavy atom. The van der Waals surface area contributed by atoms with Crippen LogP contribution in [0.3, 0.4) is 0 Å². The first kappa shape index (κ1) is 13.3. The lowest BCUT2D eigenvalue weighted by Gasteiger charge is -2.26. The Kier molecular flexibility index (Phi) is 3.13. The predicted octanol–water partition coefficient (Wildman–Crippen LogP) is 3.08. The number of carbonyl (C=O) groups is 1. The summed E-state index contributed by atoms with van der Waals surface area (Å²) in [7, 11) is 0. The number of rotatable bonds is 2. The van der Waals surface area contributed by atoms with Crippen molar-refractivity contribution in [2.75, 3.05) is 5.32 Å². The molecule has 1 aliphatic rings. The number of ether oxygens (including phenoxy) is 1. The van der Waals surface area contributed by atoms with Gasteiger partial charge >= 0.3 is 12.3 Å². The fourth-order valence-electron chi connectivity index (χ4n) is 1.78. The molecule has 0 fully saturated rings. The molecule has 19 heavy (non-hydrogen) atoms. The van der Waals surface area contributed by atoms with Gasteiger partial charge in [0.05, 0.1) is 11.6 Å². The minimum Gasteiger partial charge on any atom is -0.478 e. The predicted molar refractivity (Wildman–Crippen MR) is 61.6 cm³/mol. The fraction of sp³-hybridized carbons (Fsp3) is 0.250. The summed E-state index contributed by atoms with van der Waals surface area (Å²) in [6.07, 6.45) is -3.58. The molecule has 0 bridgehead atoms. The van der Waals surface area contributed by atoms with Crippen LogP contribution in [0.25, 0.3) is 6.08 Å². The molecule has 0 aliphatic carbocycles. The summed E-state index contributed by atoms with van der Waals surface area (Å²) in [4.78, 5) is 10.8. The number of fused-ring (bicyclic) bond motifs is 1. The van der Waals surface area contributed by atoms with Crippen molar-refractivity contribution in [1.82, 2.24) is 0 Å². The molecule has 0 saturated heterocycles. The third-order valence-corrected chi connectivity index (χ3v) is 2.63. The van der Waals surface area contributed by atoms with Crippen LogP contribution in [0.4, 0.5) is 18.9 Å². The van der Waals surface area contributed by atoms with Gasteiger partial charge < -0.3 is 15.2 Å². The van der Waals surface area contributed by atoms with Gasteiger partial charge in [-0.3, -0.25) is 0 Å². The molecule has 1 unspecified atom stereocenters. The lowest BCUT2D eigenvalue weighted by Crippen LogP contribution is -2.27. The minimum absolute atomic E-state index is 0.00212. The molecule has 2 N–H and O–H groups in total. The lowest BCUT2D eigenvalue weighted by atomic mass is 10.0. The third kappa shape index (κ3) is 2.98. The van der Waals surface area contributed by atoms with E-state index in [1.807, 2.05) is 0 Å². The Balaban J connectivity index is 2.38. The molecule has 1 heterocycles. The highest BCUT2D eigenvalue weighted by atomic mass is 19.4. The van der Waals surface area contributed by atoms with Crippen LogP contribution in [-0.4, -0.2) is 23.5 Å². The van der Waals surface area contributed by atoms with Gasteiger partial charge in [0, 0.05) is 11.3 Å². The van der Waals surface area contributed by atoms with Gasteiger partial charge in [-0.2, -0.15) is 0 Å². The van der Waals surface area contributed by atoms with Gasteiger partial charge in [-0.15, -0.1) is 13.2 Å². The number of hydrogen-bond acceptors (Lipinski definition) is 3. The smallest absolute Gasteiger partial charge is 0.478 e. The van der Waals surface area contributed by atoms with Gasteiger partial charge in [-0.1, -0.05) is 0 Å². The summed E-state index contributed by atoms with van der Waals surface area (Å²) in [5.74, 6) is -1.45. The Labute approximate surface area is 106 Å². The second kappa shape index (κ2) is 4.49. The van der Waals surface area contributed by atoms with Crippen molar-refractivity contribution in [3.05, 3.63) is 35.1 Å². The van der Waals surface area contributed by atoms with E-state index >= 15 is 0 Å². The fourth-order valence-corrected chi connectivity index (χ4v) is 1.78. The van der Waals surface area contributed by atoms with Gasteiger partial charge in [-0.05, 0) is 31.2 Å². The molecule has 1 aromatic carbocycles. The molecule has 0 radical (unpaired) electrons. The Morgan fingerprint density at radius 2 is 2.11 bits per heavy atom. The van der Waals surface area contributed by atoms with Crippen molar-refractivity contribution in [2.24, 2.45) is 0 Å². The van der Waals surface area contributed by atoms with E-state index in [1.165, 1.54) is 31.2 Å². The zero-order valence-electron chi connectivity index (χ0n) is 9.78. The van der Waals surface area contributed by atoms with E-state index < -0.39 is 18.4 Å². The van der Waals surface area contributed by atoms with Crippen LogP contribution in [0.15, 0.2) is 24.0 Å². The van der Waals surface area contributed by atoms with Gasteiger partial charge in [-0.25, -0.2) is 4.79 Å². The van der Waals surface area contributed by atoms with Crippen LogP contribution in [0.2, 0.25) is 0 Å². The second-order valence-corrected chi connectivity index (χ2v) is 4.07. The average Bonchev–Trinajstić information content (AvgIpc) is 2.27. The topological polar surface area (TPSA) is 58.6 Å². The zero-order chi connectivity index (χ0) is 14.2. The number of hydrogen-bond donors (Lipinski definition) is 2. The maximum Gasteiger partial charge on any atom is 0.572 e. The van der Waals surface area contributed by atoms with Crippen molar-refractivity contribution in [2.45, 2.75) is 19.3 Å². The number of alkyl halides is 3. The quantitative estimate of drug-likeness (QED) is 0.869. The molecule has 1 aromatic rings. The summed E-state index contributed by atoms with van der Waals surface area (Å²) < 4.78 is 40.5. The van der Waals surface area contributed by atoms with E-state index in [0.29, 0.717) is 11.3 Å². The minimum atomic E-state index is -4.77. The molecular weight excluding hydrogens is 263 g/mol. The molecule has 2 rings (SSSR count). The van der Waals surface area contributed by atoms with Crippen molar-refractivity contribution in [1.29, 1.82) is 0 Å². The zero-order valence-corrected chi connectivity index (χ0v) is 9.78. The van der Waals surface area contributed by atoms with Crippen LogP contribution in [0.1, 0.15) is 22.8 Å². The lowest BCUT2D eigenvalue weighted by molar-refractivity contribution is -0.306. The Morgan fingerprint density at radius 1 is 1.42 bits per heavy atom. The molecular formula is C12H10F3NO3. The monoisotopic (exact) mass is 273 g/mol. The molecule has 1 aliphatic heterocycles. The number of aromatic carboxylic acids is 1. The Bertz CT molecular complexity index is 552. The molecule has 0 saturated carbocycles. The number of benzene rings is 1. The van der Waals surface area contributed by atoms with Crippen molar-refractivity contribution >= 4 is 17.7 Å². The standard InChI is InChI=1S/C12H10F3NO3/c1-6-10(19-12(13,14)15)5-8-4-7(11(17)18)2-3-9(8)16-6/h2-6,16H,1H3,(H,17,18). The van der Waals surface area contributed by atoms with Gasteiger partial charge in [0.15, 0.2) is 0 Å². The molecule has 102 valence electrons. The first-order valence-electron chi connectivity index (χ1n) is 5.37. The SMILES string of the molecule is CC1Nc2ccc(C(=O)O)cc2C=C1OC(F)(F)F. The van der Waals surface area contributed by atoms with Crippen LogP contribution in [0.5, 0.6) is 0 Å². The van der Waals surface area contributed by atoms with Crippen molar-refractivity contribution < 1.29 is 27.8 Å². The maximum atomic E-state index is 12.2. The normalized spacial score (nSPS) is 18.1. The first-order chi connectivity index (χ1) is 8.76. The molecule has 0 aromatic heterocycles. The van der Waals surface area contributed by atoms with Crippen molar-refractivity contribution in [3.8, 4) is 0 Å². The van der Waals surface area contributed by atoms with E-state index in [1.54, 1.807) is 0 Å². The van der Waals surface area contributed by atoms with Gasteiger partial charge in [0.2, 0.25) is 0 Å². The molecule has 1 atom stereocenters. The molecule has 0 amide bonds. The average molecular weight is 273 g/mol. The number of carboxylic acids is 1. The number of anilines is 1. The molecule has 0 spiro atoms. The summed E-state index contributed by atoms with van der Waals surface area (Å²) in [6.45, 7) is 1.52. The van der Waals surface area contributed by atoms with E-state index in [9.17, 15) is 18.0 Å². The van der Waals surface area contributed by atoms with Crippen LogP contribution in [-0.2, 0) is 4.74 Å². The second-order valence-electron chi connectivity index (χ2n) is 4.07. The third-order valence-electron chi connectivity index (χ3n) is 2.63. The largest absolute Gasteiger partial charge is 0.572 e. The number of nitrogens with one attached hydrogen (secondary N) is 1. The van der Waals surface area contributed by atoms with E-state index in [2.05, 4.69) is 10.1 Å². The molecule has 4 nitrogen and oxygen atoms in total.